The Bertz CT molecular complexity index is 367. The highest BCUT2D eigenvalue weighted by atomic mass is 19.1. The van der Waals surface area contributed by atoms with Gasteiger partial charge in [0, 0.05) is 5.54 Å². The molecule has 2 heteroatoms. The Kier molecular flexibility index (Phi) is 3.82. The molecule has 1 aromatic carbocycles. The standard InChI is InChI=1S/C15H22FN/c1-12(2)10-15(8-5-9-17-15)11-13-6-3-4-7-14(13)16/h3-4,6-7,12,17H,5,8-11H2,1-2H3. The second-order valence-corrected chi connectivity index (χ2v) is 5.68. The first-order valence-electron chi connectivity index (χ1n) is 6.60. The lowest BCUT2D eigenvalue weighted by Crippen LogP contribution is -2.43. The number of nitrogens with one attached hydrogen (secondary N) is 1. The minimum atomic E-state index is -0.0654. The molecule has 0 amide bonds. The summed E-state index contributed by atoms with van der Waals surface area (Å²) in [4.78, 5) is 0. The van der Waals surface area contributed by atoms with E-state index >= 15 is 0 Å². The van der Waals surface area contributed by atoms with Gasteiger partial charge >= 0.3 is 0 Å². The summed E-state index contributed by atoms with van der Waals surface area (Å²) < 4.78 is 13.7. The summed E-state index contributed by atoms with van der Waals surface area (Å²) in [5, 5.41) is 3.61. The molecule has 1 aliphatic heterocycles. The van der Waals surface area contributed by atoms with Crippen molar-refractivity contribution in [3.63, 3.8) is 0 Å². The van der Waals surface area contributed by atoms with Gasteiger partial charge in [-0.15, -0.1) is 0 Å². The first-order valence-corrected chi connectivity index (χ1v) is 6.60. The molecule has 0 aliphatic carbocycles. The molecule has 1 nitrogen and oxygen atoms in total. The molecule has 1 unspecified atom stereocenters. The van der Waals surface area contributed by atoms with E-state index in [1.165, 1.54) is 12.8 Å². The van der Waals surface area contributed by atoms with Crippen LogP contribution in [-0.2, 0) is 6.42 Å². The molecular weight excluding hydrogens is 213 g/mol. The van der Waals surface area contributed by atoms with E-state index in [9.17, 15) is 4.39 Å². The van der Waals surface area contributed by atoms with Crippen molar-refractivity contribution in [3.8, 4) is 0 Å². The van der Waals surface area contributed by atoms with Crippen LogP contribution in [0.15, 0.2) is 24.3 Å². The van der Waals surface area contributed by atoms with Crippen molar-refractivity contribution in [2.45, 2.75) is 45.1 Å². The van der Waals surface area contributed by atoms with Crippen LogP contribution in [0.5, 0.6) is 0 Å². The van der Waals surface area contributed by atoms with Gasteiger partial charge in [0.1, 0.15) is 5.82 Å². The van der Waals surface area contributed by atoms with E-state index in [4.69, 9.17) is 0 Å². The SMILES string of the molecule is CC(C)CC1(Cc2ccccc2F)CCCN1. The van der Waals surface area contributed by atoms with Crippen molar-refractivity contribution in [2.24, 2.45) is 5.92 Å². The lowest BCUT2D eigenvalue weighted by atomic mass is 9.82. The van der Waals surface area contributed by atoms with Crippen LogP contribution in [0.1, 0.15) is 38.7 Å². The largest absolute Gasteiger partial charge is 0.311 e. The lowest BCUT2D eigenvalue weighted by molar-refractivity contribution is 0.298. The van der Waals surface area contributed by atoms with Gasteiger partial charge in [-0.05, 0) is 49.8 Å². The smallest absolute Gasteiger partial charge is 0.126 e. The van der Waals surface area contributed by atoms with Crippen molar-refractivity contribution >= 4 is 0 Å². The lowest BCUT2D eigenvalue weighted by Gasteiger charge is -2.32. The quantitative estimate of drug-likeness (QED) is 0.841. The van der Waals surface area contributed by atoms with Gasteiger partial charge in [0.15, 0.2) is 0 Å². The molecule has 94 valence electrons. The Morgan fingerprint density at radius 1 is 1.35 bits per heavy atom. The van der Waals surface area contributed by atoms with Crippen LogP contribution in [0.3, 0.4) is 0 Å². The third kappa shape index (κ3) is 3.06. The van der Waals surface area contributed by atoms with E-state index in [-0.39, 0.29) is 11.4 Å². The highest BCUT2D eigenvalue weighted by Crippen LogP contribution is 2.31. The van der Waals surface area contributed by atoms with E-state index in [0.29, 0.717) is 5.92 Å². The van der Waals surface area contributed by atoms with Gasteiger partial charge < -0.3 is 5.32 Å². The van der Waals surface area contributed by atoms with Gasteiger partial charge in [-0.1, -0.05) is 32.0 Å². The molecule has 0 saturated carbocycles. The minimum Gasteiger partial charge on any atom is -0.311 e. The molecule has 1 saturated heterocycles. The summed E-state index contributed by atoms with van der Waals surface area (Å²) in [5.41, 5.74) is 0.971. The first-order chi connectivity index (χ1) is 8.11. The zero-order chi connectivity index (χ0) is 12.3. The van der Waals surface area contributed by atoms with Crippen molar-refractivity contribution in [1.82, 2.24) is 5.32 Å². The molecule has 1 N–H and O–H groups in total. The number of halogens is 1. The second kappa shape index (κ2) is 5.18. The molecule has 0 aromatic heterocycles. The third-order valence-electron chi connectivity index (χ3n) is 3.62. The maximum atomic E-state index is 13.7. The summed E-state index contributed by atoms with van der Waals surface area (Å²) in [7, 11) is 0. The molecule has 0 spiro atoms. The Morgan fingerprint density at radius 2 is 2.12 bits per heavy atom. The van der Waals surface area contributed by atoms with Gasteiger partial charge in [0.05, 0.1) is 0 Å². The van der Waals surface area contributed by atoms with Crippen molar-refractivity contribution in [3.05, 3.63) is 35.6 Å². The van der Waals surface area contributed by atoms with Crippen LogP contribution in [0.4, 0.5) is 4.39 Å². The van der Waals surface area contributed by atoms with Crippen LogP contribution in [0, 0.1) is 11.7 Å². The van der Waals surface area contributed by atoms with E-state index in [2.05, 4.69) is 19.2 Å². The van der Waals surface area contributed by atoms with Crippen LogP contribution in [0.25, 0.3) is 0 Å². The van der Waals surface area contributed by atoms with Crippen LogP contribution in [-0.4, -0.2) is 12.1 Å². The average molecular weight is 235 g/mol. The zero-order valence-electron chi connectivity index (χ0n) is 10.8. The summed E-state index contributed by atoms with van der Waals surface area (Å²) in [5.74, 6) is 0.580. The maximum absolute atomic E-state index is 13.7. The fourth-order valence-corrected chi connectivity index (χ4v) is 3.05. The predicted octanol–water partition coefficient (Wildman–Crippen LogP) is 3.54. The van der Waals surface area contributed by atoms with Gasteiger partial charge in [-0.3, -0.25) is 0 Å². The summed E-state index contributed by atoms with van der Waals surface area (Å²) in [6, 6.07) is 7.16. The van der Waals surface area contributed by atoms with Gasteiger partial charge in [0.25, 0.3) is 0 Å². The number of hydrogen-bond donors (Lipinski definition) is 1. The number of benzene rings is 1. The Labute approximate surface area is 103 Å². The maximum Gasteiger partial charge on any atom is 0.126 e. The Balaban J connectivity index is 2.15. The Morgan fingerprint density at radius 3 is 2.71 bits per heavy atom. The summed E-state index contributed by atoms with van der Waals surface area (Å²) in [6.45, 7) is 5.55. The third-order valence-corrected chi connectivity index (χ3v) is 3.62. The molecule has 17 heavy (non-hydrogen) atoms. The summed E-state index contributed by atoms with van der Waals surface area (Å²) in [6.07, 6.45) is 4.32. The van der Waals surface area contributed by atoms with Crippen molar-refractivity contribution < 1.29 is 4.39 Å². The fraction of sp³-hybridized carbons (Fsp3) is 0.600. The average Bonchev–Trinajstić information content (AvgIpc) is 2.69. The van der Waals surface area contributed by atoms with E-state index in [1.807, 2.05) is 12.1 Å². The number of hydrogen-bond acceptors (Lipinski definition) is 1. The topological polar surface area (TPSA) is 12.0 Å². The molecule has 1 aromatic rings. The normalized spacial score (nSPS) is 24.5. The first kappa shape index (κ1) is 12.6. The predicted molar refractivity (Wildman–Crippen MR) is 69.5 cm³/mol. The van der Waals surface area contributed by atoms with Gasteiger partial charge in [-0.2, -0.15) is 0 Å². The highest BCUT2D eigenvalue weighted by Gasteiger charge is 2.34. The monoisotopic (exact) mass is 235 g/mol. The molecule has 1 aliphatic rings. The van der Waals surface area contributed by atoms with E-state index in [0.717, 1.165) is 24.9 Å². The summed E-state index contributed by atoms with van der Waals surface area (Å²) >= 11 is 0. The molecule has 0 radical (unpaired) electrons. The molecule has 0 bridgehead atoms. The van der Waals surface area contributed by atoms with Crippen LogP contribution in [0.2, 0.25) is 0 Å². The molecule has 1 heterocycles. The molecule has 1 atom stereocenters. The van der Waals surface area contributed by atoms with Gasteiger partial charge in [-0.25, -0.2) is 4.39 Å². The highest BCUT2D eigenvalue weighted by molar-refractivity contribution is 5.21. The fourth-order valence-electron chi connectivity index (χ4n) is 3.05. The molecule has 1 fully saturated rings. The van der Waals surface area contributed by atoms with Crippen LogP contribution < -0.4 is 5.32 Å². The molecule has 2 rings (SSSR count). The van der Waals surface area contributed by atoms with Crippen molar-refractivity contribution in [1.29, 1.82) is 0 Å². The van der Waals surface area contributed by atoms with E-state index < -0.39 is 0 Å². The Hall–Kier alpha value is -0.890. The zero-order valence-corrected chi connectivity index (χ0v) is 10.8. The minimum absolute atomic E-state index is 0.0654. The van der Waals surface area contributed by atoms with Crippen LogP contribution >= 0.6 is 0 Å². The molecular formula is C15H22FN. The van der Waals surface area contributed by atoms with E-state index in [1.54, 1.807) is 12.1 Å². The second-order valence-electron chi connectivity index (χ2n) is 5.68. The van der Waals surface area contributed by atoms with Crippen molar-refractivity contribution in [2.75, 3.05) is 6.54 Å². The van der Waals surface area contributed by atoms with Gasteiger partial charge in [0.2, 0.25) is 0 Å². The number of rotatable bonds is 4.